The van der Waals surface area contributed by atoms with Crippen molar-refractivity contribution >= 4 is 40.6 Å². The van der Waals surface area contributed by atoms with Crippen LogP contribution >= 0.6 is 23.2 Å². The minimum Gasteiger partial charge on any atom is -0.490 e. The number of nitrogens with one attached hydrogen (secondary N) is 1. The molecular formula is C20H20Cl2F3N3O2. The molecule has 1 saturated heterocycles. The number of alkyl halides is 3. The first kappa shape index (κ1) is 22.5. The van der Waals surface area contributed by atoms with E-state index in [1.807, 2.05) is 6.92 Å². The summed E-state index contributed by atoms with van der Waals surface area (Å²) in [5, 5.41) is 3.21. The molecule has 0 spiro atoms. The molecule has 5 nitrogen and oxygen atoms in total. The number of carbonyl (C=O) groups is 1. The summed E-state index contributed by atoms with van der Waals surface area (Å²) >= 11 is 12.2. The van der Waals surface area contributed by atoms with E-state index in [1.165, 1.54) is 0 Å². The van der Waals surface area contributed by atoms with Crippen LogP contribution in [0.1, 0.15) is 25.3 Å². The van der Waals surface area contributed by atoms with Gasteiger partial charge in [0.25, 0.3) is 0 Å². The highest BCUT2D eigenvalue weighted by Crippen LogP contribution is 2.36. The van der Waals surface area contributed by atoms with Crippen LogP contribution in [0.15, 0.2) is 30.5 Å². The fourth-order valence-electron chi connectivity index (χ4n) is 3.30. The molecule has 1 N–H and O–H groups in total. The van der Waals surface area contributed by atoms with E-state index in [1.54, 1.807) is 23.1 Å². The predicted molar refractivity (Wildman–Crippen MR) is 110 cm³/mol. The van der Waals surface area contributed by atoms with Crippen LogP contribution in [-0.4, -0.2) is 30.6 Å². The molecule has 1 aromatic carbocycles. The topological polar surface area (TPSA) is 54.5 Å². The van der Waals surface area contributed by atoms with Crippen LogP contribution in [0.4, 0.5) is 24.7 Å². The summed E-state index contributed by atoms with van der Waals surface area (Å²) in [7, 11) is 0. The van der Waals surface area contributed by atoms with Crippen molar-refractivity contribution in [2.24, 2.45) is 5.92 Å². The van der Waals surface area contributed by atoms with Gasteiger partial charge in [-0.05, 0) is 38.0 Å². The largest absolute Gasteiger partial charge is 0.490 e. The van der Waals surface area contributed by atoms with Gasteiger partial charge in [0.2, 0.25) is 5.91 Å². The second-order valence-corrected chi connectivity index (χ2v) is 7.64. The van der Waals surface area contributed by atoms with Gasteiger partial charge in [-0.25, -0.2) is 4.98 Å². The summed E-state index contributed by atoms with van der Waals surface area (Å²) in [6.45, 7) is 3.13. The Bertz CT molecular complexity index is 917. The Kier molecular flexibility index (Phi) is 6.98. The van der Waals surface area contributed by atoms with Crippen molar-refractivity contribution in [3.63, 3.8) is 0 Å². The van der Waals surface area contributed by atoms with Crippen LogP contribution < -0.4 is 15.0 Å². The van der Waals surface area contributed by atoms with Crippen molar-refractivity contribution in [2.75, 3.05) is 29.9 Å². The zero-order chi connectivity index (χ0) is 21.9. The summed E-state index contributed by atoms with van der Waals surface area (Å²) in [5.41, 5.74) is -0.388. The number of amides is 1. The van der Waals surface area contributed by atoms with Crippen molar-refractivity contribution in [2.45, 2.75) is 25.9 Å². The molecule has 3 rings (SSSR count). The van der Waals surface area contributed by atoms with Gasteiger partial charge in [0.1, 0.15) is 5.82 Å². The van der Waals surface area contributed by atoms with E-state index in [2.05, 4.69) is 10.3 Å². The Labute approximate surface area is 182 Å². The zero-order valence-corrected chi connectivity index (χ0v) is 17.6. The second kappa shape index (κ2) is 9.31. The Balaban J connectivity index is 1.64. The molecule has 1 amide bonds. The lowest BCUT2D eigenvalue weighted by molar-refractivity contribution is -0.137. The lowest BCUT2D eigenvalue weighted by atomic mass is 9.95. The van der Waals surface area contributed by atoms with E-state index in [0.717, 1.165) is 12.3 Å². The van der Waals surface area contributed by atoms with Gasteiger partial charge in [0, 0.05) is 25.2 Å². The Morgan fingerprint density at radius 2 is 1.97 bits per heavy atom. The molecular weight excluding hydrogens is 442 g/mol. The lowest BCUT2D eigenvalue weighted by Gasteiger charge is -2.32. The smallest absolute Gasteiger partial charge is 0.417 e. The van der Waals surface area contributed by atoms with E-state index in [0.29, 0.717) is 49.0 Å². The average molecular weight is 462 g/mol. The number of ether oxygens (including phenoxy) is 1. The Hall–Kier alpha value is -2.19. The number of aromatic nitrogens is 1. The van der Waals surface area contributed by atoms with Gasteiger partial charge < -0.3 is 15.0 Å². The summed E-state index contributed by atoms with van der Waals surface area (Å²) in [6, 6.07) is 6.00. The maximum atomic E-state index is 12.8. The van der Waals surface area contributed by atoms with Gasteiger partial charge in [-0.2, -0.15) is 13.2 Å². The number of hydrogen-bond donors (Lipinski definition) is 1. The van der Waals surface area contributed by atoms with Gasteiger partial charge in [-0.1, -0.05) is 29.3 Å². The molecule has 0 bridgehead atoms. The predicted octanol–water partition coefficient (Wildman–Crippen LogP) is 5.66. The lowest BCUT2D eigenvalue weighted by Crippen LogP contribution is -2.38. The first-order valence-corrected chi connectivity index (χ1v) is 10.2. The SMILES string of the molecule is CCOc1c(Cl)cccc1NC(=O)C1CCN(c2ncc(C(F)(F)F)cc2Cl)CC1. The summed E-state index contributed by atoms with van der Waals surface area (Å²) in [4.78, 5) is 18.4. The molecule has 1 fully saturated rings. The summed E-state index contributed by atoms with van der Waals surface area (Å²) in [6.07, 6.45) is -2.71. The van der Waals surface area contributed by atoms with Crippen LogP contribution in [0.5, 0.6) is 5.75 Å². The van der Waals surface area contributed by atoms with E-state index < -0.39 is 11.7 Å². The van der Waals surface area contributed by atoms with Crippen LogP contribution in [-0.2, 0) is 11.0 Å². The molecule has 0 radical (unpaired) electrons. The highest BCUT2D eigenvalue weighted by Gasteiger charge is 2.33. The van der Waals surface area contributed by atoms with E-state index in [9.17, 15) is 18.0 Å². The van der Waals surface area contributed by atoms with Crippen LogP contribution in [0.25, 0.3) is 0 Å². The van der Waals surface area contributed by atoms with Crippen LogP contribution in [0.3, 0.4) is 0 Å². The number of anilines is 2. The number of carbonyl (C=O) groups excluding carboxylic acids is 1. The van der Waals surface area contributed by atoms with Gasteiger partial charge in [0.15, 0.2) is 5.75 Å². The number of nitrogens with zero attached hydrogens (tertiary/aromatic N) is 2. The third-order valence-corrected chi connectivity index (χ3v) is 5.40. The maximum Gasteiger partial charge on any atom is 0.417 e. The number of hydrogen-bond acceptors (Lipinski definition) is 4. The van der Waals surface area contributed by atoms with Gasteiger partial charge in [-0.3, -0.25) is 4.79 Å². The number of benzene rings is 1. The Morgan fingerprint density at radius 3 is 2.57 bits per heavy atom. The first-order valence-electron chi connectivity index (χ1n) is 9.40. The fraction of sp³-hybridized carbons (Fsp3) is 0.400. The number of para-hydroxylation sites is 1. The zero-order valence-electron chi connectivity index (χ0n) is 16.1. The Morgan fingerprint density at radius 1 is 1.27 bits per heavy atom. The second-order valence-electron chi connectivity index (χ2n) is 6.83. The fourth-order valence-corrected chi connectivity index (χ4v) is 3.82. The van der Waals surface area contributed by atoms with Crippen LogP contribution in [0, 0.1) is 5.92 Å². The minimum absolute atomic E-state index is 0.0620. The molecule has 0 atom stereocenters. The van der Waals surface area contributed by atoms with Crippen LogP contribution in [0.2, 0.25) is 10.0 Å². The number of rotatable bonds is 5. The normalized spacial score (nSPS) is 15.2. The quantitative estimate of drug-likeness (QED) is 0.623. The number of pyridine rings is 1. The molecule has 30 heavy (non-hydrogen) atoms. The van der Waals surface area contributed by atoms with Gasteiger partial charge in [0.05, 0.1) is 27.9 Å². The van der Waals surface area contributed by atoms with Crippen molar-refractivity contribution in [1.82, 2.24) is 4.98 Å². The molecule has 2 heterocycles. The van der Waals surface area contributed by atoms with E-state index in [4.69, 9.17) is 27.9 Å². The first-order chi connectivity index (χ1) is 14.2. The molecule has 162 valence electrons. The molecule has 0 saturated carbocycles. The minimum atomic E-state index is -4.50. The molecule has 0 aliphatic carbocycles. The van der Waals surface area contributed by atoms with E-state index >= 15 is 0 Å². The monoisotopic (exact) mass is 461 g/mol. The summed E-state index contributed by atoms with van der Waals surface area (Å²) in [5.74, 6) is 0.289. The number of piperidine rings is 1. The highest BCUT2D eigenvalue weighted by molar-refractivity contribution is 6.33. The van der Waals surface area contributed by atoms with Crippen molar-refractivity contribution < 1.29 is 22.7 Å². The maximum absolute atomic E-state index is 12.8. The third-order valence-electron chi connectivity index (χ3n) is 4.83. The van der Waals surface area contributed by atoms with Gasteiger partial charge in [-0.15, -0.1) is 0 Å². The number of halogens is 5. The highest BCUT2D eigenvalue weighted by atomic mass is 35.5. The molecule has 1 aliphatic rings. The molecule has 0 unspecified atom stereocenters. The molecule has 1 aliphatic heterocycles. The van der Waals surface area contributed by atoms with Gasteiger partial charge >= 0.3 is 6.18 Å². The van der Waals surface area contributed by atoms with Crippen molar-refractivity contribution in [1.29, 1.82) is 0 Å². The summed E-state index contributed by atoms with van der Waals surface area (Å²) < 4.78 is 43.9. The third kappa shape index (κ3) is 5.10. The van der Waals surface area contributed by atoms with E-state index in [-0.39, 0.29) is 22.7 Å². The molecule has 1 aromatic heterocycles. The molecule has 2 aromatic rings. The van der Waals surface area contributed by atoms with Crippen molar-refractivity contribution in [3.8, 4) is 5.75 Å². The standard InChI is InChI=1S/C20H20Cl2F3N3O2/c1-2-30-17-14(21)4-3-5-16(17)27-19(29)12-6-8-28(9-7-12)18-15(22)10-13(11-26-18)20(23,24)25/h3-5,10-12H,2,6-9H2,1H3,(H,27,29). The molecule has 10 heteroatoms. The van der Waals surface area contributed by atoms with Crippen molar-refractivity contribution in [3.05, 3.63) is 46.1 Å². The average Bonchev–Trinajstić information content (AvgIpc) is 2.70.